The van der Waals surface area contributed by atoms with Crippen LogP contribution in [0.5, 0.6) is 11.5 Å². The van der Waals surface area contributed by atoms with E-state index in [2.05, 4.69) is 10.4 Å². The van der Waals surface area contributed by atoms with Crippen LogP contribution >= 0.6 is 11.6 Å². The maximum Gasteiger partial charge on any atom is 0.411 e. The fraction of sp³-hybridized carbons (Fsp3) is 0.208. The van der Waals surface area contributed by atoms with Crippen LogP contribution < -0.4 is 20.3 Å². The van der Waals surface area contributed by atoms with Crippen molar-refractivity contribution in [3.05, 3.63) is 75.5 Å². The Kier molecular flexibility index (Phi) is 8.10. The largest absolute Gasteiger partial charge is 0.493 e. The molecule has 0 aliphatic rings. The maximum absolute atomic E-state index is 12.9. The summed E-state index contributed by atoms with van der Waals surface area (Å²) in [4.78, 5) is 24.9. The fourth-order valence-electron chi connectivity index (χ4n) is 3.03. The summed E-state index contributed by atoms with van der Waals surface area (Å²) in [5.74, 6) is 1.07. The van der Waals surface area contributed by atoms with Gasteiger partial charge in [0.1, 0.15) is 5.69 Å². The summed E-state index contributed by atoms with van der Waals surface area (Å²) in [6.07, 6.45) is 2.93. The minimum absolute atomic E-state index is 0.0492. The molecule has 2 aromatic carbocycles. The molecular formula is C24H24ClN3O5. The molecule has 0 unspecified atom stereocenters. The summed E-state index contributed by atoms with van der Waals surface area (Å²) in [5, 5.41) is 7.62. The number of benzene rings is 2. The zero-order valence-electron chi connectivity index (χ0n) is 18.5. The molecule has 0 saturated carbocycles. The molecule has 0 radical (unpaired) electrons. The number of hydrogen-bond donors (Lipinski definition) is 1. The molecule has 9 heteroatoms. The average molecular weight is 470 g/mol. The van der Waals surface area contributed by atoms with Gasteiger partial charge < -0.3 is 14.2 Å². The van der Waals surface area contributed by atoms with Crippen molar-refractivity contribution in [2.75, 3.05) is 26.1 Å². The molecule has 0 fully saturated rings. The molecule has 0 aliphatic heterocycles. The van der Waals surface area contributed by atoms with Gasteiger partial charge in [0.2, 0.25) is 0 Å². The normalized spacial score (nSPS) is 10.8. The Labute approximate surface area is 196 Å². The van der Waals surface area contributed by atoms with E-state index in [-0.39, 0.29) is 18.8 Å². The predicted molar refractivity (Wildman–Crippen MR) is 128 cm³/mol. The van der Waals surface area contributed by atoms with Crippen molar-refractivity contribution < 1.29 is 19.0 Å². The van der Waals surface area contributed by atoms with E-state index in [0.29, 0.717) is 27.8 Å². The Morgan fingerprint density at radius 1 is 1.09 bits per heavy atom. The molecule has 3 rings (SSSR count). The first-order valence-corrected chi connectivity index (χ1v) is 10.5. The summed E-state index contributed by atoms with van der Waals surface area (Å²) in [6.45, 7) is 2.04. The molecule has 172 valence electrons. The number of rotatable bonds is 8. The third kappa shape index (κ3) is 6.14. The first-order valence-electron chi connectivity index (χ1n) is 10.2. The molecule has 3 aromatic rings. The summed E-state index contributed by atoms with van der Waals surface area (Å²) < 4.78 is 16.8. The lowest BCUT2D eigenvalue weighted by atomic mass is 10.1. The van der Waals surface area contributed by atoms with Gasteiger partial charge in [-0.3, -0.25) is 10.1 Å². The Balaban J connectivity index is 1.99. The number of allylic oxidation sites excluding steroid dienone is 1. The lowest BCUT2D eigenvalue weighted by Gasteiger charge is -2.12. The second-order valence-corrected chi connectivity index (χ2v) is 7.24. The van der Waals surface area contributed by atoms with E-state index in [9.17, 15) is 9.59 Å². The van der Waals surface area contributed by atoms with E-state index in [1.807, 2.05) is 18.2 Å². The van der Waals surface area contributed by atoms with Crippen LogP contribution in [0.15, 0.2) is 59.4 Å². The van der Waals surface area contributed by atoms with Crippen molar-refractivity contribution in [2.45, 2.75) is 13.5 Å². The van der Waals surface area contributed by atoms with Gasteiger partial charge in [0, 0.05) is 10.6 Å². The van der Waals surface area contributed by atoms with Crippen LogP contribution in [0.4, 0.5) is 10.5 Å². The van der Waals surface area contributed by atoms with Crippen LogP contribution in [0.3, 0.4) is 0 Å². The van der Waals surface area contributed by atoms with Crippen molar-refractivity contribution in [3.63, 3.8) is 0 Å². The Morgan fingerprint density at radius 2 is 1.82 bits per heavy atom. The minimum Gasteiger partial charge on any atom is -0.493 e. The van der Waals surface area contributed by atoms with E-state index in [1.54, 1.807) is 50.4 Å². The zero-order valence-corrected chi connectivity index (χ0v) is 19.3. The van der Waals surface area contributed by atoms with Gasteiger partial charge in [0.15, 0.2) is 11.5 Å². The zero-order chi connectivity index (χ0) is 23.8. The number of aromatic nitrogens is 2. The molecule has 0 bridgehead atoms. The molecule has 0 atom stereocenters. The molecule has 0 saturated heterocycles. The highest BCUT2D eigenvalue weighted by molar-refractivity contribution is 6.30. The summed E-state index contributed by atoms with van der Waals surface area (Å²) >= 11 is 5.92. The van der Waals surface area contributed by atoms with Gasteiger partial charge >= 0.3 is 6.09 Å². The van der Waals surface area contributed by atoms with Gasteiger partial charge in [-0.15, -0.1) is 0 Å². The number of ether oxygens (including phenoxy) is 3. The summed E-state index contributed by atoms with van der Waals surface area (Å²) in [7, 11) is 3.08. The average Bonchev–Trinajstić information content (AvgIpc) is 2.82. The monoisotopic (exact) mass is 469 g/mol. The van der Waals surface area contributed by atoms with Gasteiger partial charge in [-0.05, 0) is 48.9 Å². The van der Waals surface area contributed by atoms with Crippen molar-refractivity contribution >= 4 is 29.5 Å². The molecule has 8 nitrogen and oxygen atoms in total. The van der Waals surface area contributed by atoms with Gasteiger partial charge in [0.25, 0.3) is 5.56 Å². The van der Waals surface area contributed by atoms with Crippen molar-refractivity contribution in [1.82, 2.24) is 9.78 Å². The molecule has 1 aromatic heterocycles. The number of methoxy groups -OCH3 is 2. The molecule has 1 amide bonds. The van der Waals surface area contributed by atoms with Crippen molar-refractivity contribution in [1.29, 1.82) is 0 Å². The maximum atomic E-state index is 12.9. The molecule has 0 aliphatic carbocycles. The Bertz CT molecular complexity index is 1210. The van der Waals surface area contributed by atoms with Crippen LogP contribution in [-0.4, -0.2) is 36.7 Å². The highest BCUT2D eigenvalue weighted by Gasteiger charge is 2.14. The third-order valence-corrected chi connectivity index (χ3v) is 4.88. The highest BCUT2D eigenvalue weighted by Crippen LogP contribution is 2.31. The Hall–Kier alpha value is -3.78. The molecular weight excluding hydrogens is 446 g/mol. The highest BCUT2D eigenvalue weighted by atomic mass is 35.5. The number of amides is 1. The van der Waals surface area contributed by atoms with Gasteiger partial charge in [-0.2, -0.15) is 5.10 Å². The first-order chi connectivity index (χ1) is 15.9. The van der Waals surface area contributed by atoms with Crippen LogP contribution in [0, 0.1) is 0 Å². The van der Waals surface area contributed by atoms with Gasteiger partial charge in [-0.25, -0.2) is 9.48 Å². The van der Waals surface area contributed by atoms with Crippen LogP contribution in [0.25, 0.3) is 17.3 Å². The Morgan fingerprint density at radius 3 is 2.48 bits per heavy atom. The molecule has 33 heavy (non-hydrogen) atoms. The first kappa shape index (κ1) is 23.9. The second kappa shape index (κ2) is 11.2. The van der Waals surface area contributed by atoms with E-state index in [0.717, 1.165) is 5.56 Å². The number of hydrogen-bond acceptors (Lipinski definition) is 6. The van der Waals surface area contributed by atoms with Gasteiger partial charge in [-0.1, -0.05) is 35.9 Å². The van der Waals surface area contributed by atoms with E-state index >= 15 is 0 Å². The minimum atomic E-state index is -0.720. The summed E-state index contributed by atoms with van der Waals surface area (Å²) in [6, 6.07) is 14.1. The van der Waals surface area contributed by atoms with Crippen molar-refractivity contribution in [2.24, 2.45) is 0 Å². The van der Waals surface area contributed by atoms with E-state index < -0.39 is 11.7 Å². The van der Waals surface area contributed by atoms with Crippen LogP contribution in [0.2, 0.25) is 5.02 Å². The van der Waals surface area contributed by atoms with E-state index in [1.165, 1.54) is 17.9 Å². The summed E-state index contributed by atoms with van der Waals surface area (Å²) in [5.41, 5.74) is 1.65. The number of nitrogens with zero attached hydrogens (tertiary/aromatic N) is 2. The lowest BCUT2D eigenvalue weighted by molar-refractivity contribution is 0.168. The number of carbonyl (C=O) groups is 1. The molecule has 1 heterocycles. The number of nitrogens with one attached hydrogen (secondary N) is 1. The third-order valence-electron chi connectivity index (χ3n) is 4.62. The topological polar surface area (TPSA) is 91.7 Å². The fourth-order valence-corrected chi connectivity index (χ4v) is 3.16. The predicted octanol–water partition coefficient (Wildman–Crippen LogP) is 4.86. The van der Waals surface area contributed by atoms with Crippen LogP contribution in [-0.2, 0) is 11.3 Å². The SMILES string of the molecule is CCOC(=O)Nc1cc(-c2ccc(OC)c(OC)c2)nn(C/C=C/c2ccc(Cl)cc2)c1=O. The quantitative estimate of drug-likeness (QED) is 0.506. The van der Waals surface area contributed by atoms with Crippen molar-refractivity contribution in [3.8, 4) is 22.8 Å². The van der Waals surface area contributed by atoms with Crippen LogP contribution in [0.1, 0.15) is 12.5 Å². The van der Waals surface area contributed by atoms with Gasteiger partial charge in [0.05, 0.1) is 33.1 Å². The standard InChI is InChI=1S/C24H24ClN3O5/c1-4-33-24(30)26-20-15-19(17-9-12-21(31-2)22(14-17)32-3)27-28(23(20)29)13-5-6-16-7-10-18(25)11-8-16/h5-12,14-15H,4,13H2,1-3H3,(H,26,30)/b6-5+. The lowest BCUT2D eigenvalue weighted by Crippen LogP contribution is -2.28. The van der Waals surface area contributed by atoms with E-state index in [4.69, 9.17) is 25.8 Å². The number of anilines is 1. The molecule has 0 spiro atoms. The smallest absolute Gasteiger partial charge is 0.411 e. The molecule has 1 N–H and O–H groups in total. The second-order valence-electron chi connectivity index (χ2n) is 6.80. The number of carbonyl (C=O) groups excluding carboxylic acids is 1. The number of halogens is 1.